The number of carbonyl (C=O) groups is 1. The smallest absolute Gasteiger partial charge is 0.305 e. The number of nitrogens with zero attached hydrogens (tertiary/aromatic N) is 2. The molecule has 0 radical (unpaired) electrons. The van der Waals surface area contributed by atoms with Crippen LogP contribution in [0.25, 0.3) is 0 Å². The molecule has 0 aliphatic rings. The number of hydrogen-bond donors (Lipinski definition) is 0. The number of aryl methyl sites for hydroxylation is 2. The molecule has 0 spiro atoms. The molecule has 0 aliphatic carbocycles. The third kappa shape index (κ3) is 4.20. The molecule has 0 heterocycles. The van der Waals surface area contributed by atoms with Gasteiger partial charge in [-0.2, -0.15) is 13.2 Å². The monoisotopic (exact) mass is 302 g/mol. The summed E-state index contributed by atoms with van der Waals surface area (Å²) in [5.74, 6) is -1.83. The first kappa shape index (κ1) is 17.5. The van der Waals surface area contributed by atoms with Crippen molar-refractivity contribution >= 4 is 11.6 Å². The lowest BCUT2D eigenvalue weighted by Crippen LogP contribution is -2.47. The number of anilines is 1. The van der Waals surface area contributed by atoms with E-state index in [1.165, 1.54) is 0 Å². The fraction of sp³-hybridized carbons (Fsp3) is 0.533. The first-order valence-electron chi connectivity index (χ1n) is 6.67. The minimum atomic E-state index is -4.89. The zero-order valence-electron chi connectivity index (χ0n) is 13.0. The van der Waals surface area contributed by atoms with Gasteiger partial charge < -0.3 is 9.80 Å². The van der Waals surface area contributed by atoms with Crippen molar-refractivity contribution in [1.29, 1.82) is 0 Å². The molecule has 1 atom stereocenters. The molecule has 1 unspecified atom stereocenters. The van der Waals surface area contributed by atoms with Crippen LogP contribution in [0.2, 0.25) is 0 Å². The Bertz CT molecular complexity index is 492. The predicted molar refractivity (Wildman–Crippen MR) is 77.5 cm³/mol. The van der Waals surface area contributed by atoms with Crippen LogP contribution in [0.4, 0.5) is 18.9 Å². The van der Waals surface area contributed by atoms with E-state index in [0.29, 0.717) is 16.8 Å². The summed E-state index contributed by atoms with van der Waals surface area (Å²) in [5.41, 5.74) is 1.64. The number of carbonyl (C=O) groups excluding carboxylic acids is 1. The molecule has 118 valence electrons. The maximum absolute atomic E-state index is 12.9. The summed E-state index contributed by atoms with van der Waals surface area (Å²) in [7, 11) is 3.54. The van der Waals surface area contributed by atoms with Gasteiger partial charge in [0.15, 0.2) is 0 Å². The molecule has 0 fully saturated rings. The topological polar surface area (TPSA) is 23.6 Å². The zero-order valence-corrected chi connectivity index (χ0v) is 13.0. The molecule has 0 saturated heterocycles. The molecule has 1 amide bonds. The van der Waals surface area contributed by atoms with Crippen molar-refractivity contribution in [2.45, 2.75) is 33.0 Å². The van der Waals surface area contributed by atoms with E-state index >= 15 is 0 Å². The second-order valence-corrected chi connectivity index (χ2v) is 5.47. The van der Waals surface area contributed by atoms with Crippen molar-refractivity contribution in [3.8, 4) is 0 Å². The van der Waals surface area contributed by atoms with Crippen LogP contribution in [0.15, 0.2) is 18.2 Å². The number of hydrogen-bond acceptors (Lipinski definition) is 2. The number of rotatable bonds is 4. The number of halogens is 3. The molecule has 1 aromatic carbocycles. The number of likely N-dealkylation sites (N-methyl/N-ethyl adjacent to an activating group) is 1. The van der Waals surface area contributed by atoms with Crippen molar-refractivity contribution in [3.05, 3.63) is 29.3 Å². The van der Waals surface area contributed by atoms with Crippen molar-refractivity contribution in [3.63, 3.8) is 0 Å². The largest absolute Gasteiger partial charge is 0.471 e. The van der Waals surface area contributed by atoms with Gasteiger partial charge in [-0.3, -0.25) is 4.79 Å². The van der Waals surface area contributed by atoms with Crippen molar-refractivity contribution in [1.82, 2.24) is 4.90 Å². The second kappa shape index (κ2) is 6.47. The molecular formula is C15H21F3N2O. The molecule has 0 saturated carbocycles. The Morgan fingerprint density at radius 2 is 1.67 bits per heavy atom. The number of amides is 1. The highest BCUT2D eigenvalue weighted by molar-refractivity contribution is 5.98. The van der Waals surface area contributed by atoms with E-state index in [9.17, 15) is 18.0 Å². The predicted octanol–water partition coefficient (Wildman–Crippen LogP) is 3.15. The van der Waals surface area contributed by atoms with Crippen molar-refractivity contribution < 1.29 is 18.0 Å². The summed E-state index contributed by atoms with van der Waals surface area (Å²) in [6.07, 6.45) is -4.89. The third-order valence-electron chi connectivity index (χ3n) is 3.53. The number of para-hydroxylation sites is 1. The third-order valence-corrected chi connectivity index (χ3v) is 3.53. The van der Waals surface area contributed by atoms with Gasteiger partial charge in [0.1, 0.15) is 0 Å². The van der Waals surface area contributed by atoms with Crippen LogP contribution in [0, 0.1) is 13.8 Å². The fourth-order valence-corrected chi connectivity index (χ4v) is 2.09. The second-order valence-electron chi connectivity index (χ2n) is 5.47. The Hall–Kier alpha value is -1.56. The van der Waals surface area contributed by atoms with E-state index in [1.807, 2.05) is 0 Å². The van der Waals surface area contributed by atoms with Gasteiger partial charge in [-0.05, 0) is 46.0 Å². The van der Waals surface area contributed by atoms with Gasteiger partial charge >= 0.3 is 12.1 Å². The zero-order chi connectivity index (χ0) is 16.4. The standard InChI is InChI=1S/C15H21F3N2O/c1-10-7-6-8-11(2)13(10)20(9-12(3)19(4)5)14(21)15(16,17)18/h6-8,12H,9H2,1-5H3. The average Bonchev–Trinajstić information content (AvgIpc) is 2.34. The van der Waals surface area contributed by atoms with Gasteiger partial charge in [0.2, 0.25) is 0 Å². The van der Waals surface area contributed by atoms with Gasteiger partial charge in [0, 0.05) is 18.3 Å². The van der Waals surface area contributed by atoms with Crippen LogP contribution in [-0.4, -0.2) is 43.7 Å². The van der Waals surface area contributed by atoms with E-state index in [2.05, 4.69) is 0 Å². The molecule has 0 bridgehead atoms. The highest BCUT2D eigenvalue weighted by atomic mass is 19.4. The van der Waals surface area contributed by atoms with E-state index < -0.39 is 12.1 Å². The lowest BCUT2D eigenvalue weighted by atomic mass is 10.1. The first-order valence-corrected chi connectivity index (χ1v) is 6.67. The molecule has 21 heavy (non-hydrogen) atoms. The Labute approximate surface area is 123 Å². The van der Waals surface area contributed by atoms with Gasteiger partial charge in [0.25, 0.3) is 0 Å². The van der Waals surface area contributed by atoms with Crippen molar-refractivity contribution in [2.24, 2.45) is 0 Å². The summed E-state index contributed by atoms with van der Waals surface area (Å²) in [6, 6.07) is 4.98. The minimum absolute atomic E-state index is 0.0168. The van der Waals surface area contributed by atoms with Crippen LogP contribution >= 0.6 is 0 Å². The summed E-state index contributed by atoms with van der Waals surface area (Å²) in [4.78, 5) is 14.4. The SMILES string of the molecule is Cc1cccc(C)c1N(CC(C)N(C)C)C(=O)C(F)(F)F. The van der Waals surface area contributed by atoms with Crippen LogP contribution in [0.5, 0.6) is 0 Å². The molecule has 1 rings (SSSR count). The fourth-order valence-electron chi connectivity index (χ4n) is 2.09. The summed E-state index contributed by atoms with van der Waals surface area (Å²) in [5, 5.41) is 0. The normalized spacial score (nSPS) is 13.4. The van der Waals surface area contributed by atoms with Gasteiger partial charge in [-0.25, -0.2) is 0 Å². The molecule has 3 nitrogen and oxygen atoms in total. The highest BCUT2D eigenvalue weighted by Gasteiger charge is 2.44. The minimum Gasteiger partial charge on any atom is -0.305 e. The van der Waals surface area contributed by atoms with Crippen LogP contribution in [-0.2, 0) is 4.79 Å². The van der Waals surface area contributed by atoms with E-state index in [0.717, 1.165) is 4.90 Å². The Morgan fingerprint density at radius 1 is 1.19 bits per heavy atom. The summed E-state index contributed by atoms with van der Waals surface area (Å²) >= 11 is 0. The quantitative estimate of drug-likeness (QED) is 0.853. The van der Waals surface area contributed by atoms with Crippen LogP contribution < -0.4 is 4.90 Å². The summed E-state index contributed by atoms with van der Waals surface area (Å²) in [6.45, 7) is 5.18. The van der Waals surface area contributed by atoms with Gasteiger partial charge in [-0.1, -0.05) is 18.2 Å². The molecular weight excluding hydrogens is 281 g/mol. The average molecular weight is 302 g/mol. The number of benzene rings is 1. The molecule has 0 aromatic heterocycles. The van der Waals surface area contributed by atoms with E-state index in [4.69, 9.17) is 0 Å². The lowest BCUT2D eigenvalue weighted by Gasteiger charge is -2.31. The van der Waals surface area contributed by atoms with E-state index in [1.54, 1.807) is 58.0 Å². The van der Waals surface area contributed by atoms with Gasteiger partial charge in [-0.15, -0.1) is 0 Å². The van der Waals surface area contributed by atoms with Crippen LogP contribution in [0.3, 0.4) is 0 Å². The Morgan fingerprint density at radius 3 is 2.05 bits per heavy atom. The number of alkyl halides is 3. The Kier molecular flexibility index (Phi) is 5.39. The molecule has 6 heteroatoms. The van der Waals surface area contributed by atoms with Crippen LogP contribution in [0.1, 0.15) is 18.1 Å². The molecule has 0 aliphatic heterocycles. The van der Waals surface area contributed by atoms with Gasteiger partial charge in [0.05, 0.1) is 0 Å². The highest BCUT2D eigenvalue weighted by Crippen LogP contribution is 2.29. The molecule has 0 N–H and O–H groups in total. The molecule has 1 aromatic rings. The Balaban J connectivity index is 3.28. The summed E-state index contributed by atoms with van der Waals surface area (Å²) < 4.78 is 38.7. The lowest BCUT2D eigenvalue weighted by molar-refractivity contribution is -0.170. The first-order chi connectivity index (χ1) is 9.55. The van der Waals surface area contributed by atoms with E-state index in [-0.39, 0.29) is 12.6 Å². The maximum Gasteiger partial charge on any atom is 0.471 e. The van der Waals surface area contributed by atoms with Crippen molar-refractivity contribution in [2.75, 3.05) is 25.5 Å². The maximum atomic E-state index is 12.9.